The van der Waals surface area contributed by atoms with Gasteiger partial charge in [-0.05, 0) is 50.5 Å². The van der Waals surface area contributed by atoms with E-state index in [9.17, 15) is 20.0 Å². The zero-order chi connectivity index (χ0) is 21.4. The Morgan fingerprint density at radius 2 is 2.03 bits per heavy atom. The van der Waals surface area contributed by atoms with Crippen LogP contribution in [0.2, 0.25) is 0 Å². The number of pyridine rings is 1. The lowest BCUT2D eigenvalue weighted by Gasteiger charge is -2.13. The van der Waals surface area contributed by atoms with Gasteiger partial charge in [-0.1, -0.05) is 0 Å². The first-order chi connectivity index (χ1) is 14.3. The number of benzene rings is 1. The highest BCUT2D eigenvalue weighted by molar-refractivity contribution is 6.05. The van der Waals surface area contributed by atoms with Crippen LogP contribution in [0.15, 0.2) is 36.5 Å². The summed E-state index contributed by atoms with van der Waals surface area (Å²) in [5.74, 6) is 0.0655. The average molecular weight is 409 g/mol. The van der Waals surface area contributed by atoms with E-state index in [0.717, 1.165) is 18.5 Å². The fraction of sp³-hybridized carbons (Fsp3) is 0.381. The Morgan fingerprint density at radius 3 is 2.63 bits per heavy atom. The van der Waals surface area contributed by atoms with Crippen molar-refractivity contribution in [2.75, 3.05) is 6.54 Å². The van der Waals surface area contributed by atoms with Crippen molar-refractivity contribution in [3.63, 3.8) is 0 Å². The van der Waals surface area contributed by atoms with Gasteiger partial charge in [0.1, 0.15) is 0 Å². The number of amides is 1. The number of nitrogens with zero attached hydrogens (tertiary/aromatic N) is 4. The molecule has 9 nitrogen and oxygen atoms in total. The van der Waals surface area contributed by atoms with Gasteiger partial charge < -0.3 is 10.4 Å². The number of carbonyl (C=O) groups excluding carboxylic acids is 1. The van der Waals surface area contributed by atoms with Gasteiger partial charge in [0, 0.05) is 36.3 Å². The molecule has 30 heavy (non-hydrogen) atoms. The Morgan fingerprint density at radius 1 is 1.33 bits per heavy atom. The fourth-order valence-corrected chi connectivity index (χ4v) is 3.41. The highest BCUT2D eigenvalue weighted by Gasteiger charge is 2.28. The zero-order valence-corrected chi connectivity index (χ0v) is 16.8. The van der Waals surface area contributed by atoms with E-state index >= 15 is 0 Å². The number of fused-ring (bicyclic) bond motifs is 1. The number of aliphatic hydroxyl groups is 1. The number of aromatic nitrogens is 3. The first-order valence-corrected chi connectivity index (χ1v) is 9.94. The molecule has 3 aromatic rings. The molecule has 2 aromatic heterocycles. The van der Waals surface area contributed by atoms with Crippen molar-refractivity contribution in [3.05, 3.63) is 63.5 Å². The van der Waals surface area contributed by atoms with Crippen LogP contribution in [0.25, 0.3) is 11.0 Å². The van der Waals surface area contributed by atoms with E-state index in [0.29, 0.717) is 28.1 Å². The Kier molecular flexibility index (Phi) is 5.21. The third-order valence-corrected chi connectivity index (χ3v) is 5.26. The second-order valence-electron chi connectivity index (χ2n) is 7.86. The van der Waals surface area contributed by atoms with Crippen molar-refractivity contribution < 1.29 is 14.8 Å². The smallest absolute Gasteiger partial charge is 0.269 e. The summed E-state index contributed by atoms with van der Waals surface area (Å²) in [5, 5.41) is 29.0. The minimum absolute atomic E-state index is 0.0163. The van der Waals surface area contributed by atoms with Crippen LogP contribution in [0.1, 0.15) is 66.4 Å². The lowest BCUT2D eigenvalue weighted by molar-refractivity contribution is -0.384. The molecule has 0 bridgehead atoms. The van der Waals surface area contributed by atoms with Crippen LogP contribution in [0.4, 0.5) is 5.69 Å². The molecule has 0 radical (unpaired) electrons. The van der Waals surface area contributed by atoms with E-state index in [-0.39, 0.29) is 24.2 Å². The highest BCUT2D eigenvalue weighted by atomic mass is 16.6. The number of non-ortho nitro benzene ring substituents is 1. The van der Waals surface area contributed by atoms with Crippen LogP contribution in [-0.4, -0.2) is 37.2 Å². The van der Waals surface area contributed by atoms with Gasteiger partial charge in [-0.15, -0.1) is 0 Å². The van der Waals surface area contributed by atoms with Gasteiger partial charge in [0.2, 0.25) is 0 Å². The summed E-state index contributed by atoms with van der Waals surface area (Å²) in [6, 6.07) is 7.56. The van der Waals surface area contributed by atoms with E-state index in [1.807, 2.05) is 24.6 Å². The molecule has 9 heteroatoms. The van der Waals surface area contributed by atoms with Crippen molar-refractivity contribution in [1.82, 2.24) is 20.1 Å². The number of aliphatic hydroxyl groups excluding tert-OH is 1. The molecule has 1 saturated carbocycles. The maximum Gasteiger partial charge on any atom is 0.269 e. The maximum atomic E-state index is 12.9. The molecule has 1 atom stereocenters. The summed E-state index contributed by atoms with van der Waals surface area (Å²) in [4.78, 5) is 27.9. The molecule has 1 fully saturated rings. The third-order valence-electron chi connectivity index (χ3n) is 5.26. The zero-order valence-electron chi connectivity index (χ0n) is 16.8. The largest absolute Gasteiger partial charge is 0.387 e. The molecule has 4 rings (SSSR count). The topological polar surface area (TPSA) is 123 Å². The summed E-state index contributed by atoms with van der Waals surface area (Å²) in [6.07, 6.45) is 2.80. The van der Waals surface area contributed by atoms with Gasteiger partial charge in [0.05, 0.1) is 28.2 Å². The second kappa shape index (κ2) is 7.83. The predicted molar refractivity (Wildman–Crippen MR) is 110 cm³/mol. The number of hydrogen-bond donors (Lipinski definition) is 2. The Balaban J connectivity index is 1.55. The average Bonchev–Trinajstić information content (AvgIpc) is 3.49. The van der Waals surface area contributed by atoms with Crippen molar-refractivity contribution in [2.45, 2.75) is 44.8 Å². The van der Waals surface area contributed by atoms with E-state index < -0.39 is 11.0 Å². The molecular formula is C21H23N5O4. The molecule has 156 valence electrons. The Labute approximate surface area is 172 Å². The molecule has 2 heterocycles. The van der Waals surface area contributed by atoms with E-state index in [2.05, 4.69) is 10.4 Å². The van der Waals surface area contributed by atoms with Crippen LogP contribution in [-0.2, 0) is 0 Å². The number of nitro benzene ring substituents is 1. The molecule has 1 amide bonds. The summed E-state index contributed by atoms with van der Waals surface area (Å²) in [5.41, 5.74) is 2.52. The summed E-state index contributed by atoms with van der Waals surface area (Å²) >= 11 is 0. The van der Waals surface area contributed by atoms with Crippen LogP contribution in [0.3, 0.4) is 0 Å². The molecule has 0 saturated heterocycles. The van der Waals surface area contributed by atoms with Gasteiger partial charge in [0.25, 0.3) is 11.6 Å². The molecule has 2 N–H and O–H groups in total. The summed E-state index contributed by atoms with van der Waals surface area (Å²) < 4.78 is 1.81. The predicted octanol–water partition coefficient (Wildman–Crippen LogP) is 3.26. The van der Waals surface area contributed by atoms with E-state index in [1.165, 1.54) is 24.3 Å². The molecule has 0 spiro atoms. The number of nitrogens with one attached hydrogen (secondary N) is 1. The normalized spacial score (nSPS) is 14.8. The van der Waals surface area contributed by atoms with Gasteiger partial charge in [-0.25, -0.2) is 9.67 Å². The minimum atomic E-state index is -0.978. The van der Waals surface area contributed by atoms with Crippen molar-refractivity contribution >= 4 is 22.6 Å². The quantitative estimate of drug-likeness (QED) is 0.456. The minimum Gasteiger partial charge on any atom is -0.387 e. The molecule has 1 aliphatic carbocycles. The number of carbonyl (C=O) groups is 1. The molecule has 0 aliphatic heterocycles. The second-order valence-corrected chi connectivity index (χ2v) is 7.86. The standard InChI is InChI=1S/C21H23N5O4/c1-12(2)25-20-17(10-23-25)16(9-18(24-20)13-3-4-13)21(28)22-11-19(27)14-5-7-15(8-6-14)26(29)30/h5-10,12-13,19,27H,3-4,11H2,1-2H3,(H,22,28). The van der Waals surface area contributed by atoms with Gasteiger partial charge >= 0.3 is 0 Å². The molecule has 1 unspecified atom stereocenters. The Hall–Kier alpha value is -3.33. The first-order valence-electron chi connectivity index (χ1n) is 9.94. The fourth-order valence-electron chi connectivity index (χ4n) is 3.41. The van der Waals surface area contributed by atoms with E-state index in [4.69, 9.17) is 4.98 Å². The summed E-state index contributed by atoms with van der Waals surface area (Å²) in [6.45, 7) is 4.01. The van der Waals surface area contributed by atoms with Crippen LogP contribution in [0, 0.1) is 10.1 Å². The molecule has 1 aliphatic rings. The van der Waals surface area contributed by atoms with Crippen LogP contribution >= 0.6 is 0 Å². The number of rotatable bonds is 7. The van der Waals surface area contributed by atoms with Crippen LogP contribution < -0.4 is 5.32 Å². The maximum absolute atomic E-state index is 12.9. The van der Waals surface area contributed by atoms with Crippen molar-refractivity contribution in [2.24, 2.45) is 0 Å². The highest BCUT2D eigenvalue weighted by Crippen LogP contribution is 2.40. The third kappa shape index (κ3) is 3.88. The van der Waals surface area contributed by atoms with Gasteiger partial charge in [0.15, 0.2) is 5.65 Å². The van der Waals surface area contributed by atoms with Crippen LogP contribution in [0.5, 0.6) is 0 Å². The lowest BCUT2D eigenvalue weighted by Crippen LogP contribution is -2.28. The van der Waals surface area contributed by atoms with Gasteiger partial charge in [-0.2, -0.15) is 5.10 Å². The van der Waals surface area contributed by atoms with Gasteiger partial charge in [-0.3, -0.25) is 14.9 Å². The summed E-state index contributed by atoms with van der Waals surface area (Å²) in [7, 11) is 0. The first kappa shape index (κ1) is 20.0. The lowest BCUT2D eigenvalue weighted by atomic mass is 10.1. The number of nitro groups is 1. The number of hydrogen-bond acceptors (Lipinski definition) is 6. The van der Waals surface area contributed by atoms with Crippen molar-refractivity contribution in [1.29, 1.82) is 0 Å². The van der Waals surface area contributed by atoms with E-state index in [1.54, 1.807) is 6.20 Å². The molecule has 1 aromatic carbocycles. The van der Waals surface area contributed by atoms with Crippen molar-refractivity contribution in [3.8, 4) is 0 Å². The SMILES string of the molecule is CC(C)n1ncc2c(C(=O)NCC(O)c3ccc([N+](=O)[O-])cc3)cc(C3CC3)nc21. The Bertz CT molecular complexity index is 1100. The molecular weight excluding hydrogens is 386 g/mol. The monoisotopic (exact) mass is 409 g/mol.